The molecule has 4 amide bonds. The van der Waals surface area contributed by atoms with E-state index >= 15 is 0 Å². The van der Waals surface area contributed by atoms with Crippen molar-refractivity contribution in [3.63, 3.8) is 0 Å². The number of rotatable bonds is 14. The van der Waals surface area contributed by atoms with Crippen molar-refractivity contribution in [2.24, 2.45) is 11.3 Å². The van der Waals surface area contributed by atoms with Gasteiger partial charge in [0.1, 0.15) is 0 Å². The number of carbonyl (C=O) groups is 2. The molecule has 262 valence electrons. The van der Waals surface area contributed by atoms with Gasteiger partial charge in [-0.25, -0.2) is 9.59 Å². The monoisotopic (exact) mass is 704 g/mol. The molecule has 1 aliphatic carbocycles. The van der Waals surface area contributed by atoms with E-state index in [-0.39, 0.29) is 24.1 Å². The van der Waals surface area contributed by atoms with Crippen molar-refractivity contribution < 1.29 is 14.7 Å². The van der Waals surface area contributed by atoms with Crippen LogP contribution in [0.25, 0.3) is 11.1 Å². The van der Waals surface area contributed by atoms with Crippen LogP contribution in [-0.2, 0) is 13.0 Å². The predicted molar refractivity (Wildman–Crippen MR) is 207 cm³/mol. The van der Waals surface area contributed by atoms with Crippen LogP contribution in [0.15, 0.2) is 60.7 Å². The normalized spacial score (nSPS) is 11.6. The summed E-state index contributed by atoms with van der Waals surface area (Å²) >= 11 is 11.0. The minimum absolute atomic E-state index is 0.0312. The van der Waals surface area contributed by atoms with E-state index in [1.807, 2.05) is 32.0 Å². The summed E-state index contributed by atoms with van der Waals surface area (Å²) in [5.41, 5.74) is 8.09. The summed E-state index contributed by atoms with van der Waals surface area (Å²) in [6.45, 7) is 11.0. The lowest BCUT2D eigenvalue weighted by Gasteiger charge is -2.26. The zero-order valence-corrected chi connectivity index (χ0v) is 30.2. The van der Waals surface area contributed by atoms with Crippen LogP contribution in [0.5, 0.6) is 0 Å². The standard InChI is InChI=1S/C36H48N8O3S2/c1-23(2)19-39-34(48)43-28-10-12-30-25(17-28)16-26-18-29(11-13-31(26)30)44-35(49)41-22-36(3,4)21-40-33(47)42-27-8-6-24(7-9-27)20-38-32(46)37-14-5-15-45/h6-13,17-18,23,45H,5,14-16,19-22H2,1-4H3,(H2,37,38,46)(H2,39,43,48)(H2,40,42,47)(H2,41,44,49). The Morgan fingerprint density at radius 3 is 1.90 bits per heavy atom. The summed E-state index contributed by atoms with van der Waals surface area (Å²) in [6, 6.07) is 19.3. The first kappa shape index (κ1) is 37.4. The van der Waals surface area contributed by atoms with Crippen LogP contribution in [0, 0.1) is 11.3 Å². The van der Waals surface area contributed by atoms with Crippen LogP contribution in [0.1, 0.15) is 50.8 Å². The average molecular weight is 705 g/mol. The number of urea groups is 2. The minimum Gasteiger partial charge on any atom is -0.396 e. The van der Waals surface area contributed by atoms with Crippen LogP contribution >= 0.6 is 24.4 Å². The molecule has 0 bridgehead atoms. The molecule has 0 heterocycles. The van der Waals surface area contributed by atoms with Gasteiger partial charge >= 0.3 is 12.1 Å². The molecule has 0 unspecified atom stereocenters. The Balaban J connectivity index is 1.17. The highest BCUT2D eigenvalue weighted by Crippen LogP contribution is 2.39. The first-order valence-corrected chi connectivity index (χ1v) is 17.3. The molecule has 0 aromatic heterocycles. The van der Waals surface area contributed by atoms with Crippen molar-refractivity contribution in [3.05, 3.63) is 77.4 Å². The Morgan fingerprint density at radius 2 is 1.31 bits per heavy atom. The Kier molecular flexibility index (Phi) is 13.6. The predicted octanol–water partition coefficient (Wildman–Crippen LogP) is 5.52. The van der Waals surface area contributed by atoms with Gasteiger partial charge in [0.05, 0.1) is 0 Å². The summed E-state index contributed by atoms with van der Waals surface area (Å²) in [7, 11) is 0. The number of fused-ring (bicyclic) bond motifs is 3. The number of hydrogen-bond acceptors (Lipinski definition) is 5. The molecule has 4 rings (SSSR count). The fraction of sp³-hybridized carbons (Fsp3) is 0.389. The highest BCUT2D eigenvalue weighted by Gasteiger charge is 2.21. The summed E-state index contributed by atoms with van der Waals surface area (Å²) in [6.07, 6.45) is 1.34. The Labute approximate surface area is 299 Å². The molecule has 13 heteroatoms. The largest absolute Gasteiger partial charge is 0.396 e. The molecule has 0 fully saturated rings. The van der Waals surface area contributed by atoms with Crippen LogP contribution < -0.4 is 42.5 Å². The van der Waals surface area contributed by atoms with Crippen LogP contribution in [0.2, 0.25) is 0 Å². The van der Waals surface area contributed by atoms with E-state index in [1.165, 1.54) is 22.3 Å². The van der Waals surface area contributed by atoms with Gasteiger partial charge in [-0.15, -0.1) is 0 Å². The van der Waals surface area contributed by atoms with Crippen molar-refractivity contribution in [1.29, 1.82) is 0 Å². The molecule has 9 N–H and O–H groups in total. The van der Waals surface area contributed by atoms with Gasteiger partial charge in [0.25, 0.3) is 0 Å². The van der Waals surface area contributed by atoms with Crippen molar-refractivity contribution in [1.82, 2.24) is 26.6 Å². The number of carbonyl (C=O) groups excluding carboxylic acids is 2. The Bertz CT molecular complexity index is 1630. The molecule has 0 spiro atoms. The molecule has 0 aliphatic heterocycles. The molecule has 0 saturated heterocycles. The molecule has 11 nitrogen and oxygen atoms in total. The number of nitrogens with one attached hydrogen (secondary N) is 8. The van der Waals surface area contributed by atoms with E-state index in [1.54, 1.807) is 12.1 Å². The first-order chi connectivity index (χ1) is 23.4. The maximum atomic E-state index is 12.6. The maximum Gasteiger partial charge on any atom is 0.319 e. The SMILES string of the molecule is CC(C)CNC(=S)Nc1ccc2c(c1)Cc1cc(NC(=S)NCC(C)(C)CNC(=O)Nc3ccc(CNC(=O)NCCCO)cc3)ccc1-2. The second-order valence-corrected chi connectivity index (χ2v) is 14.1. The van der Waals surface area contributed by atoms with Gasteiger partial charge in [0.2, 0.25) is 0 Å². The fourth-order valence-electron chi connectivity index (χ4n) is 5.12. The average Bonchev–Trinajstić information content (AvgIpc) is 3.42. The summed E-state index contributed by atoms with van der Waals surface area (Å²) < 4.78 is 0. The lowest BCUT2D eigenvalue weighted by molar-refractivity contribution is 0.237. The van der Waals surface area contributed by atoms with Gasteiger partial charge in [-0.05, 0) is 113 Å². The Hall–Kier alpha value is -4.46. The van der Waals surface area contributed by atoms with Crippen LogP contribution in [-0.4, -0.2) is 60.2 Å². The fourth-order valence-corrected chi connectivity index (χ4v) is 5.51. The van der Waals surface area contributed by atoms with E-state index in [2.05, 4.69) is 86.7 Å². The first-order valence-electron chi connectivity index (χ1n) is 16.5. The third kappa shape index (κ3) is 12.2. The van der Waals surface area contributed by atoms with E-state index in [4.69, 9.17) is 29.5 Å². The second-order valence-electron chi connectivity index (χ2n) is 13.3. The number of anilines is 3. The third-order valence-corrected chi connectivity index (χ3v) is 8.30. The van der Waals surface area contributed by atoms with Gasteiger partial charge in [-0.3, -0.25) is 0 Å². The number of aliphatic hydroxyl groups excluding tert-OH is 1. The van der Waals surface area contributed by atoms with Crippen molar-refractivity contribution in [2.75, 3.05) is 48.7 Å². The number of benzene rings is 3. The summed E-state index contributed by atoms with van der Waals surface area (Å²) in [5, 5.41) is 34.3. The van der Waals surface area contributed by atoms with E-state index in [9.17, 15) is 9.59 Å². The maximum absolute atomic E-state index is 12.6. The molecule has 0 atom stereocenters. The summed E-state index contributed by atoms with van der Waals surface area (Å²) in [5.74, 6) is 0.515. The molecule has 49 heavy (non-hydrogen) atoms. The van der Waals surface area contributed by atoms with Gasteiger partial charge in [0.15, 0.2) is 10.2 Å². The molecule has 3 aromatic carbocycles. The highest BCUT2D eigenvalue weighted by atomic mass is 32.1. The topological polar surface area (TPSA) is 151 Å². The van der Waals surface area contributed by atoms with Crippen LogP contribution in [0.3, 0.4) is 0 Å². The van der Waals surface area contributed by atoms with Gasteiger partial charge < -0.3 is 47.6 Å². The second kappa shape index (κ2) is 17.8. The van der Waals surface area contributed by atoms with Gasteiger partial charge in [-0.1, -0.05) is 52.0 Å². The van der Waals surface area contributed by atoms with Crippen molar-refractivity contribution in [2.45, 2.75) is 47.1 Å². The number of aliphatic hydroxyl groups is 1. The molecule has 3 aromatic rings. The smallest absolute Gasteiger partial charge is 0.319 e. The van der Waals surface area contributed by atoms with Crippen molar-refractivity contribution in [3.8, 4) is 11.1 Å². The van der Waals surface area contributed by atoms with E-state index in [0.29, 0.717) is 54.4 Å². The van der Waals surface area contributed by atoms with Gasteiger partial charge in [-0.2, -0.15) is 0 Å². The van der Waals surface area contributed by atoms with Crippen LogP contribution in [0.4, 0.5) is 26.7 Å². The quantitative estimate of drug-likeness (QED) is 0.0611. The molecule has 0 saturated carbocycles. The number of amides is 4. The van der Waals surface area contributed by atoms with E-state index in [0.717, 1.165) is 29.9 Å². The third-order valence-electron chi connectivity index (χ3n) is 7.81. The Morgan fingerprint density at radius 1 is 0.735 bits per heavy atom. The zero-order chi connectivity index (χ0) is 35.4. The molecular formula is C36H48N8O3S2. The molecule has 0 radical (unpaired) electrons. The van der Waals surface area contributed by atoms with Crippen molar-refractivity contribution >= 4 is 63.8 Å². The minimum atomic E-state index is -0.310. The number of thiocarbonyl (C=S) groups is 2. The zero-order valence-electron chi connectivity index (χ0n) is 28.6. The molecular weight excluding hydrogens is 657 g/mol. The lowest BCUT2D eigenvalue weighted by atomic mass is 9.93. The summed E-state index contributed by atoms with van der Waals surface area (Å²) in [4.78, 5) is 24.3. The van der Waals surface area contributed by atoms with E-state index < -0.39 is 0 Å². The lowest BCUT2D eigenvalue weighted by Crippen LogP contribution is -2.44. The highest BCUT2D eigenvalue weighted by molar-refractivity contribution is 7.80. The van der Waals surface area contributed by atoms with Gasteiger partial charge in [0, 0.05) is 56.4 Å². The number of hydrogen-bond donors (Lipinski definition) is 9. The molecule has 1 aliphatic rings.